The summed E-state index contributed by atoms with van der Waals surface area (Å²) in [6, 6.07) is 0. The van der Waals surface area contributed by atoms with Crippen molar-refractivity contribution < 1.29 is 86.0 Å². The van der Waals surface area contributed by atoms with Gasteiger partial charge < -0.3 is 52.5 Å². The van der Waals surface area contributed by atoms with E-state index in [1.54, 1.807) is 0 Å². The van der Waals surface area contributed by atoms with Crippen molar-refractivity contribution >= 4 is 41.8 Å². The Kier molecular flexibility index (Phi) is 13.4. The van der Waals surface area contributed by atoms with E-state index < -0.39 is 116 Å². The molecular weight excluding hydrogens is 600 g/mol. The molecule has 2 fully saturated rings. The minimum atomic E-state index is -1.90. The zero-order valence-corrected chi connectivity index (χ0v) is 25.1. The number of carbonyl (C=O) groups excluding carboxylic acids is 7. The summed E-state index contributed by atoms with van der Waals surface area (Å²) in [5.41, 5.74) is 0. The number of carbonyl (C=O) groups is 7. The van der Waals surface area contributed by atoms with E-state index in [0.717, 1.165) is 48.5 Å². The van der Waals surface area contributed by atoms with Crippen molar-refractivity contribution in [2.24, 2.45) is 0 Å². The number of hydrogen-bond donors (Lipinski definition) is 1. The van der Waals surface area contributed by atoms with Crippen LogP contribution in [-0.4, -0.2) is 122 Å². The zero-order valence-electron chi connectivity index (χ0n) is 25.1. The molecule has 0 aromatic carbocycles. The highest BCUT2D eigenvalue weighted by molar-refractivity contribution is 5.69. The van der Waals surface area contributed by atoms with Crippen LogP contribution in [0.4, 0.5) is 0 Å². The van der Waals surface area contributed by atoms with Crippen LogP contribution < -0.4 is 0 Å². The maximum atomic E-state index is 12.2. The summed E-state index contributed by atoms with van der Waals surface area (Å²) in [6.07, 6.45) is -16.3. The Morgan fingerprint density at radius 3 is 1.27 bits per heavy atom. The predicted molar refractivity (Wildman–Crippen MR) is 135 cm³/mol. The molecule has 2 saturated heterocycles. The molecule has 0 amide bonds. The zero-order chi connectivity index (χ0) is 33.3. The number of hydrogen-bond acceptors (Lipinski definition) is 18. The van der Waals surface area contributed by atoms with Gasteiger partial charge in [-0.25, -0.2) is 0 Å². The molecule has 1 N–H and O–H groups in total. The summed E-state index contributed by atoms with van der Waals surface area (Å²) >= 11 is 0. The first-order chi connectivity index (χ1) is 20.5. The summed E-state index contributed by atoms with van der Waals surface area (Å²) in [4.78, 5) is 83.5. The van der Waals surface area contributed by atoms with Gasteiger partial charge in [-0.3, -0.25) is 33.6 Å². The fraction of sp³-hybridized carbons (Fsp3) is 0.731. The number of aliphatic hydroxyl groups excluding tert-OH is 1. The Morgan fingerprint density at radius 1 is 0.477 bits per heavy atom. The van der Waals surface area contributed by atoms with Gasteiger partial charge in [-0.15, -0.1) is 0 Å². The predicted octanol–water partition coefficient (Wildman–Crippen LogP) is -1.40. The molecule has 0 spiro atoms. The molecule has 44 heavy (non-hydrogen) atoms. The van der Waals surface area contributed by atoms with E-state index in [-0.39, 0.29) is 0 Å². The van der Waals surface area contributed by atoms with Crippen LogP contribution in [0.25, 0.3) is 0 Å². The fourth-order valence-corrected chi connectivity index (χ4v) is 4.49. The van der Waals surface area contributed by atoms with E-state index in [4.69, 9.17) is 47.4 Å². The Balaban J connectivity index is 2.66. The Hall–Kier alpha value is -3.87. The molecule has 10 atom stereocenters. The highest BCUT2D eigenvalue weighted by Gasteiger charge is 2.57. The van der Waals surface area contributed by atoms with Gasteiger partial charge in [-0.05, 0) is 0 Å². The molecule has 2 heterocycles. The van der Waals surface area contributed by atoms with Crippen LogP contribution in [0, 0.1) is 0 Å². The lowest BCUT2D eigenvalue weighted by Crippen LogP contribution is -2.67. The normalized spacial score (nSPS) is 31.5. The minimum Gasteiger partial charge on any atom is -0.463 e. The van der Waals surface area contributed by atoms with Gasteiger partial charge in [0.15, 0.2) is 43.1 Å². The molecule has 18 heteroatoms. The maximum absolute atomic E-state index is 12.2. The van der Waals surface area contributed by atoms with Gasteiger partial charge in [0.2, 0.25) is 0 Å². The number of esters is 7. The molecule has 2 aliphatic rings. The van der Waals surface area contributed by atoms with E-state index in [1.165, 1.54) is 0 Å². The summed E-state index contributed by atoms with van der Waals surface area (Å²) in [5, 5.41) is 10.6. The van der Waals surface area contributed by atoms with Gasteiger partial charge in [0, 0.05) is 48.5 Å². The fourth-order valence-electron chi connectivity index (χ4n) is 4.49. The minimum absolute atomic E-state index is 0.572. The molecular formula is C26H36O18. The summed E-state index contributed by atoms with van der Waals surface area (Å²) < 4.78 is 54.1. The smallest absolute Gasteiger partial charge is 0.303 e. The van der Waals surface area contributed by atoms with Gasteiger partial charge in [0.05, 0.1) is 0 Å². The van der Waals surface area contributed by atoms with Gasteiger partial charge in [-0.1, -0.05) is 0 Å². The summed E-state index contributed by atoms with van der Waals surface area (Å²) in [7, 11) is 0. The molecule has 0 aromatic rings. The average Bonchev–Trinajstić information content (AvgIpc) is 2.87. The van der Waals surface area contributed by atoms with Crippen molar-refractivity contribution in [1.82, 2.24) is 0 Å². The average molecular weight is 637 g/mol. The highest BCUT2D eigenvalue weighted by atomic mass is 16.8. The molecule has 2 aliphatic heterocycles. The summed E-state index contributed by atoms with van der Waals surface area (Å²) in [5.74, 6) is -6.03. The molecule has 0 bridgehead atoms. The van der Waals surface area contributed by atoms with E-state index in [9.17, 15) is 38.7 Å². The van der Waals surface area contributed by atoms with E-state index >= 15 is 0 Å². The molecule has 18 nitrogen and oxygen atoms in total. The third-order valence-corrected chi connectivity index (χ3v) is 5.90. The first-order valence-electron chi connectivity index (χ1n) is 13.3. The molecule has 248 valence electrons. The van der Waals surface area contributed by atoms with Gasteiger partial charge in [-0.2, -0.15) is 0 Å². The quantitative estimate of drug-likeness (QED) is 0.203. The summed E-state index contributed by atoms with van der Waals surface area (Å²) in [6.45, 7) is 6.11. The van der Waals surface area contributed by atoms with Crippen LogP contribution in [0.5, 0.6) is 0 Å². The van der Waals surface area contributed by atoms with Crippen LogP contribution in [0.2, 0.25) is 0 Å². The van der Waals surface area contributed by atoms with Crippen LogP contribution >= 0.6 is 0 Å². The SMILES string of the molecule is CC(=O)OC[C@H]1O[C@H](O)[C@H](OC(C)=O)[C@@H](OC(C)=O)[C@H]1O[C@H]1O[C@H](COC(C)=O)[C@H](OC(C)=O)[C@H](OC(C)=O)[C@H]1OC(C)=O. The largest absolute Gasteiger partial charge is 0.463 e. The van der Waals surface area contributed by atoms with Crippen LogP contribution in [0.3, 0.4) is 0 Å². The van der Waals surface area contributed by atoms with Gasteiger partial charge >= 0.3 is 41.8 Å². The lowest BCUT2D eigenvalue weighted by Gasteiger charge is -2.48. The first-order valence-corrected chi connectivity index (χ1v) is 13.3. The molecule has 0 aliphatic carbocycles. The molecule has 2 rings (SSSR count). The van der Waals surface area contributed by atoms with Crippen molar-refractivity contribution in [2.45, 2.75) is 110 Å². The van der Waals surface area contributed by atoms with Crippen LogP contribution in [0.1, 0.15) is 48.5 Å². The van der Waals surface area contributed by atoms with E-state index in [2.05, 4.69) is 0 Å². The Morgan fingerprint density at radius 2 is 0.841 bits per heavy atom. The van der Waals surface area contributed by atoms with Gasteiger partial charge in [0.25, 0.3) is 0 Å². The number of ether oxygens (including phenoxy) is 10. The van der Waals surface area contributed by atoms with Crippen molar-refractivity contribution in [1.29, 1.82) is 0 Å². The van der Waals surface area contributed by atoms with Crippen LogP contribution in [-0.2, 0) is 80.9 Å². The lowest BCUT2D eigenvalue weighted by atomic mass is 9.96. The highest BCUT2D eigenvalue weighted by Crippen LogP contribution is 2.34. The van der Waals surface area contributed by atoms with Crippen molar-refractivity contribution in [2.75, 3.05) is 13.2 Å². The topological polar surface area (TPSA) is 232 Å². The third kappa shape index (κ3) is 10.7. The van der Waals surface area contributed by atoms with Crippen molar-refractivity contribution in [3.63, 3.8) is 0 Å². The standard InChI is InChI=1S/C26H36O18/c1-10(27)35-8-17-20(21(38-13(4)30)23(25(34)42-17)40-15(6)32)44-26-24(41-16(7)33)22(39-14(5)31)19(37-12(3)29)18(43-26)9-36-11(2)28/h17-26,34H,8-9H2,1-7H3/t17-,18-,19+,20+,21+,22+,23-,24-,25+,26-/m1/s1. The molecule has 0 saturated carbocycles. The monoisotopic (exact) mass is 636 g/mol. The second kappa shape index (κ2) is 16.3. The molecule has 0 unspecified atom stereocenters. The second-order valence-electron chi connectivity index (χ2n) is 9.68. The third-order valence-electron chi connectivity index (χ3n) is 5.90. The van der Waals surface area contributed by atoms with Crippen molar-refractivity contribution in [3.05, 3.63) is 0 Å². The molecule has 0 radical (unpaired) electrons. The second-order valence-corrected chi connectivity index (χ2v) is 9.68. The Bertz CT molecular complexity index is 1090. The molecule has 0 aromatic heterocycles. The Labute approximate surface area is 251 Å². The van der Waals surface area contributed by atoms with E-state index in [1.807, 2.05) is 0 Å². The number of aliphatic hydroxyl groups is 1. The maximum Gasteiger partial charge on any atom is 0.303 e. The van der Waals surface area contributed by atoms with E-state index in [0.29, 0.717) is 0 Å². The van der Waals surface area contributed by atoms with Crippen molar-refractivity contribution in [3.8, 4) is 0 Å². The first kappa shape index (κ1) is 36.3. The van der Waals surface area contributed by atoms with Gasteiger partial charge in [0.1, 0.15) is 31.5 Å². The lowest BCUT2D eigenvalue weighted by molar-refractivity contribution is -0.357. The van der Waals surface area contributed by atoms with Crippen LogP contribution in [0.15, 0.2) is 0 Å². The number of rotatable bonds is 11.